The molecule has 27 heavy (non-hydrogen) atoms. The van der Waals surface area contributed by atoms with Gasteiger partial charge < -0.3 is 0 Å². The summed E-state index contributed by atoms with van der Waals surface area (Å²) in [6.07, 6.45) is 1.52. The zero-order chi connectivity index (χ0) is 20.2. The molecule has 0 aliphatic carbocycles. The van der Waals surface area contributed by atoms with Gasteiger partial charge in [-0.1, -0.05) is 47.5 Å². The molecule has 0 bridgehead atoms. The van der Waals surface area contributed by atoms with E-state index in [1.165, 1.54) is 13.3 Å². The summed E-state index contributed by atoms with van der Waals surface area (Å²) in [7, 11) is -2.39. The first-order chi connectivity index (χ1) is 12.6. The number of carbonyl (C=O) groups excluding carboxylic acids is 1. The standard InChI is InChI=1S/C20H25N3O3S/c1-14-7-6-8-18(11-14)12-21-22-19(24)13-23(5)27(25,26)20-16(3)9-15(2)10-17(20)4/h6-12H,13H2,1-5H3,(H,22,24). The molecule has 144 valence electrons. The lowest BCUT2D eigenvalue weighted by Gasteiger charge is -2.19. The average molecular weight is 388 g/mol. The number of nitrogens with one attached hydrogen (secondary N) is 1. The minimum Gasteiger partial charge on any atom is -0.272 e. The lowest BCUT2D eigenvalue weighted by atomic mass is 10.1. The zero-order valence-corrected chi connectivity index (χ0v) is 17.1. The molecular weight excluding hydrogens is 362 g/mol. The van der Waals surface area contributed by atoms with Crippen molar-refractivity contribution in [2.45, 2.75) is 32.6 Å². The van der Waals surface area contributed by atoms with Gasteiger partial charge in [0.15, 0.2) is 0 Å². The van der Waals surface area contributed by atoms with E-state index in [1.54, 1.807) is 13.8 Å². The number of aryl methyl sites for hydroxylation is 4. The number of nitrogens with zero attached hydrogens (tertiary/aromatic N) is 2. The van der Waals surface area contributed by atoms with Crippen LogP contribution in [0.25, 0.3) is 0 Å². The summed E-state index contributed by atoms with van der Waals surface area (Å²) in [5.74, 6) is -0.507. The van der Waals surface area contributed by atoms with Crippen LogP contribution in [0, 0.1) is 27.7 Å². The van der Waals surface area contributed by atoms with Crippen molar-refractivity contribution in [1.82, 2.24) is 9.73 Å². The highest BCUT2D eigenvalue weighted by molar-refractivity contribution is 7.89. The zero-order valence-electron chi connectivity index (χ0n) is 16.3. The number of sulfonamides is 1. The van der Waals surface area contributed by atoms with Gasteiger partial charge in [0.2, 0.25) is 10.0 Å². The van der Waals surface area contributed by atoms with Crippen molar-refractivity contribution in [1.29, 1.82) is 0 Å². The second-order valence-electron chi connectivity index (χ2n) is 6.70. The third kappa shape index (κ3) is 5.24. The average Bonchev–Trinajstić information content (AvgIpc) is 2.53. The van der Waals surface area contributed by atoms with Gasteiger partial charge in [-0.2, -0.15) is 9.41 Å². The van der Waals surface area contributed by atoms with Gasteiger partial charge in [0.05, 0.1) is 17.7 Å². The van der Waals surface area contributed by atoms with Gasteiger partial charge in [0.1, 0.15) is 0 Å². The summed E-state index contributed by atoms with van der Waals surface area (Å²) in [5.41, 5.74) is 6.62. The first-order valence-electron chi connectivity index (χ1n) is 8.54. The molecule has 6 nitrogen and oxygen atoms in total. The summed E-state index contributed by atoms with van der Waals surface area (Å²) in [4.78, 5) is 12.3. The van der Waals surface area contributed by atoms with Crippen molar-refractivity contribution >= 4 is 22.1 Å². The third-order valence-electron chi connectivity index (χ3n) is 4.08. The molecule has 2 aromatic carbocycles. The Balaban J connectivity index is 2.07. The van der Waals surface area contributed by atoms with Crippen LogP contribution in [-0.4, -0.2) is 38.4 Å². The van der Waals surface area contributed by atoms with Crippen molar-refractivity contribution in [2.24, 2.45) is 5.10 Å². The van der Waals surface area contributed by atoms with Crippen LogP contribution in [0.3, 0.4) is 0 Å². The second kappa shape index (κ2) is 8.45. The Kier molecular flexibility index (Phi) is 6.51. The first kappa shape index (κ1) is 20.8. The van der Waals surface area contributed by atoms with E-state index in [4.69, 9.17) is 0 Å². The van der Waals surface area contributed by atoms with Crippen LogP contribution in [0.1, 0.15) is 27.8 Å². The van der Waals surface area contributed by atoms with Crippen LogP contribution in [0.15, 0.2) is 46.4 Å². The van der Waals surface area contributed by atoms with Gasteiger partial charge in [-0.05, 0) is 44.4 Å². The van der Waals surface area contributed by atoms with Crippen molar-refractivity contribution in [3.8, 4) is 0 Å². The fourth-order valence-electron chi connectivity index (χ4n) is 2.98. The number of likely N-dealkylation sites (N-methyl/N-ethyl adjacent to an activating group) is 1. The number of amides is 1. The number of carbonyl (C=O) groups is 1. The molecule has 0 radical (unpaired) electrons. The highest BCUT2D eigenvalue weighted by Gasteiger charge is 2.26. The Hall–Kier alpha value is -2.51. The monoisotopic (exact) mass is 387 g/mol. The van der Waals surface area contributed by atoms with Gasteiger partial charge >= 0.3 is 0 Å². The molecule has 0 fully saturated rings. The largest absolute Gasteiger partial charge is 0.272 e. The molecule has 0 aromatic heterocycles. The van der Waals surface area contributed by atoms with E-state index in [-0.39, 0.29) is 11.4 Å². The Morgan fingerprint density at radius 3 is 2.30 bits per heavy atom. The summed E-state index contributed by atoms with van der Waals surface area (Å²) < 4.78 is 26.8. The lowest BCUT2D eigenvalue weighted by molar-refractivity contribution is -0.121. The number of benzene rings is 2. The van der Waals surface area contributed by atoms with Crippen LogP contribution in [0.2, 0.25) is 0 Å². The number of hydrogen-bond donors (Lipinski definition) is 1. The number of hydrogen-bond acceptors (Lipinski definition) is 4. The topological polar surface area (TPSA) is 78.8 Å². The molecule has 0 heterocycles. The van der Waals surface area contributed by atoms with Gasteiger partial charge in [-0.15, -0.1) is 0 Å². The predicted molar refractivity (Wildman–Crippen MR) is 107 cm³/mol. The molecule has 0 saturated heterocycles. The molecular formula is C20H25N3O3S. The molecule has 2 rings (SSSR count). The number of hydrazone groups is 1. The normalized spacial score (nSPS) is 11.9. The molecule has 0 atom stereocenters. The molecule has 0 aliphatic heterocycles. The fraction of sp³-hybridized carbons (Fsp3) is 0.300. The molecule has 2 aromatic rings. The minimum atomic E-state index is -3.77. The highest BCUT2D eigenvalue weighted by Crippen LogP contribution is 2.24. The van der Waals surface area contributed by atoms with E-state index in [0.717, 1.165) is 21.0 Å². The molecule has 1 amide bonds. The molecule has 1 N–H and O–H groups in total. The van der Waals surface area contributed by atoms with Crippen molar-refractivity contribution in [2.75, 3.05) is 13.6 Å². The Labute approximate surface area is 161 Å². The van der Waals surface area contributed by atoms with Crippen LogP contribution >= 0.6 is 0 Å². The Morgan fingerprint density at radius 2 is 1.70 bits per heavy atom. The maximum atomic E-state index is 12.9. The predicted octanol–water partition coefficient (Wildman–Crippen LogP) is 2.69. The Morgan fingerprint density at radius 1 is 1.07 bits per heavy atom. The maximum Gasteiger partial charge on any atom is 0.255 e. The number of rotatable bonds is 6. The van der Waals surface area contributed by atoms with Crippen LogP contribution in [-0.2, 0) is 14.8 Å². The molecule has 0 aliphatic rings. The second-order valence-corrected chi connectivity index (χ2v) is 8.68. The summed E-state index contributed by atoms with van der Waals surface area (Å²) >= 11 is 0. The van der Waals surface area contributed by atoms with E-state index in [2.05, 4.69) is 10.5 Å². The Bertz CT molecular complexity index is 959. The highest BCUT2D eigenvalue weighted by atomic mass is 32.2. The van der Waals surface area contributed by atoms with E-state index in [9.17, 15) is 13.2 Å². The van der Waals surface area contributed by atoms with Crippen molar-refractivity contribution in [3.05, 3.63) is 64.2 Å². The molecule has 0 saturated carbocycles. The van der Waals surface area contributed by atoms with Gasteiger partial charge in [0.25, 0.3) is 5.91 Å². The maximum absolute atomic E-state index is 12.9. The van der Waals surface area contributed by atoms with Crippen LogP contribution < -0.4 is 5.43 Å². The molecule has 0 spiro atoms. The lowest BCUT2D eigenvalue weighted by Crippen LogP contribution is -2.37. The third-order valence-corrected chi connectivity index (χ3v) is 6.19. The van der Waals surface area contributed by atoms with E-state index < -0.39 is 15.9 Å². The van der Waals surface area contributed by atoms with Crippen molar-refractivity contribution < 1.29 is 13.2 Å². The van der Waals surface area contributed by atoms with Gasteiger partial charge in [0, 0.05) is 7.05 Å². The molecule has 7 heteroatoms. The van der Waals surface area contributed by atoms with Gasteiger partial charge in [-0.3, -0.25) is 4.79 Å². The summed E-state index contributed by atoms with van der Waals surface area (Å²) in [6.45, 7) is 7.07. The van der Waals surface area contributed by atoms with Crippen molar-refractivity contribution in [3.63, 3.8) is 0 Å². The first-order valence-corrected chi connectivity index (χ1v) is 9.98. The quantitative estimate of drug-likeness (QED) is 0.611. The van der Waals surface area contributed by atoms with Gasteiger partial charge in [-0.25, -0.2) is 13.8 Å². The summed E-state index contributed by atoms with van der Waals surface area (Å²) in [6, 6.07) is 11.3. The summed E-state index contributed by atoms with van der Waals surface area (Å²) in [5, 5.41) is 3.89. The smallest absolute Gasteiger partial charge is 0.255 e. The fourth-order valence-corrected chi connectivity index (χ4v) is 4.51. The SMILES string of the molecule is Cc1cccc(C=NNC(=O)CN(C)S(=O)(=O)c2c(C)cc(C)cc2C)c1. The van der Waals surface area contributed by atoms with E-state index in [1.807, 2.05) is 50.2 Å². The molecule has 0 unspecified atom stereocenters. The minimum absolute atomic E-state index is 0.242. The van der Waals surface area contributed by atoms with Crippen LogP contribution in [0.5, 0.6) is 0 Å². The van der Waals surface area contributed by atoms with E-state index >= 15 is 0 Å². The van der Waals surface area contributed by atoms with Crippen LogP contribution in [0.4, 0.5) is 0 Å². The van der Waals surface area contributed by atoms with E-state index in [0.29, 0.717) is 11.1 Å².